The normalized spacial score (nSPS) is 18.2. The first-order chi connectivity index (χ1) is 16.6. The average molecular weight is 479 g/mol. The number of hydrogen-bond acceptors (Lipinski definition) is 3. The highest BCUT2D eigenvalue weighted by atomic mass is 16.2. The summed E-state index contributed by atoms with van der Waals surface area (Å²) in [7, 11) is 0. The molecule has 1 fully saturated rings. The van der Waals surface area contributed by atoms with Crippen molar-refractivity contribution in [2.75, 3.05) is 0 Å². The molecule has 0 saturated heterocycles. The number of rotatable bonds is 21. The van der Waals surface area contributed by atoms with Gasteiger partial charge in [-0.2, -0.15) is 0 Å². The molecule has 0 radical (unpaired) electrons. The number of imide groups is 1. The van der Waals surface area contributed by atoms with E-state index in [1.807, 2.05) is 0 Å². The summed E-state index contributed by atoms with van der Waals surface area (Å²) in [6.45, 7) is 4.50. The van der Waals surface area contributed by atoms with Crippen molar-refractivity contribution in [1.82, 2.24) is 4.90 Å². The first-order valence-corrected chi connectivity index (χ1v) is 15.2. The molecule has 0 aliphatic heterocycles. The summed E-state index contributed by atoms with van der Waals surface area (Å²) in [5.41, 5.74) is 6.40. The molecule has 0 bridgehead atoms. The van der Waals surface area contributed by atoms with Crippen LogP contribution in [0.4, 0.5) is 0 Å². The summed E-state index contributed by atoms with van der Waals surface area (Å²) in [5.74, 6) is 0.0671. The maximum Gasteiger partial charge on any atom is 0.229 e. The molecule has 1 aliphatic rings. The predicted molar refractivity (Wildman–Crippen MR) is 146 cm³/mol. The number of amides is 2. The monoisotopic (exact) mass is 478 g/mol. The van der Waals surface area contributed by atoms with Crippen LogP contribution in [0.5, 0.6) is 0 Å². The van der Waals surface area contributed by atoms with Crippen LogP contribution in [-0.2, 0) is 9.59 Å². The van der Waals surface area contributed by atoms with E-state index in [1.165, 1.54) is 89.9 Å². The molecule has 4 heteroatoms. The highest BCUT2D eigenvalue weighted by molar-refractivity contribution is 5.95. The van der Waals surface area contributed by atoms with Crippen molar-refractivity contribution in [3.63, 3.8) is 0 Å². The predicted octanol–water partition coefficient (Wildman–Crippen LogP) is 8.45. The van der Waals surface area contributed by atoms with Gasteiger partial charge < -0.3 is 5.73 Å². The smallest absolute Gasteiger partial charge is 0.229 e. The van der Waals surface area contributed by atoms with Crippen molar-refractivity contribution >= 4 is 11.8 Å². The van der Waals surface area contributed by atoms with Gasteiger partial charge in [0.25, 0.3) is 0 Å². The fourth-order valence-corrected chi connectivity index (χ4v) is 5.38. The first-order valence-electron chi connectivity index (χ1n) is 15.2. The molecule has 1 aliphatic carbocycles. The zero-order valence-electron chi connectivity index (χ0n) is 23.0. The van der Waals surface area contributed by atoms with Gasteiger partial charge in [-0.25, -0.2) is 0 Å². The summed E-state index contributed by atoms with van der Waals surface area (Å²) in [6.07, 6.45) is 27.2. The van der Waals surface area contributed by atoms with Crippen LogP contribution < -0.4 is 5.73 Å². The summed E-state index contributed by atoms with van der Waals surface area (Å²) < 4.78 is 0. The van der Waals surface area contributed by atoms with Gasteiger partial charge in [-0.05, 0) is 25.7 Å². The molecule has 0 aromatic heterocycles. The van der Waals surface area contributed by atoms with Crippen LogP contribution in [0.25, 0.3) is 0 Å². The molecule has 34 heavy (non-hydrogen) atoms. The Balaban J connectivity index is 2.35. The van der Waals surface area contributed by atoms with Crippen LogP contribution >= 0.6 is 0 Å². The second kappa shape index (κ2) is 21.4. The van der Waals surface area contributed by atoms with Crippen molar-refractivity contribution in [1.29, 1.82) is 0 Å². The molecule has 2 atom stereocenters. The van der Waals surface area contributed by atoms with E-state index in [4.69, 9.17) is 5.73 Å². The topological polar surface area (TPSA) is 63.4 Å². The van der Waals surface area contributed by atoms with Gasteiger partial charge in [0.15, 0.2) is 0 Å². The number of carbonyl (C=O) groups is 2. The number of carbonyl (C=O) groups excluding carboxylic acids is 2. The van der Waals surface area contributed by atoms with Crippen LogP contribution in [0.3, 0.4) is 0 Å². The van der Waals surface area contributed by atoms with Gasteiger partial charge >= 0.3 is 0 Å². The van der Waals surface area contributed by atoms with Crippen molar-refractivity contribution in [3.8, 4) is 0 Å². The number of nitrogens with zero attached hydrogens (tertiary/aromatic N) is 1. The van der Waals surface area contributed by atoms with Crippen LogP contribution in [0.1, 0.15) is 168 Å². The summed E-state index contributed by atoms with van der Waals surface area (Å²) in [6, 6.07) is -0.126. The Morgan fingerprint density at radius 2 is 0.941 bits per heavy atom. The van der Waals surface area contributed by atoms with E-state index < -0.39 is 0 Å². The molecule has 0 aromatic carbocycles. The lowest BCUT2D eigenvalue weighted by molar-refractivity contribution is -0.149. The molecule has 0 spiro atoms. The molecule has 1 rings (SSSR count). The second-order valence-corrected chi connectivity index (χ2v) is 10.8. The third-order valence-electron chi connectivity index (χ3n) is 7.64. The molecule has 0 heterocycles. The fraction of sp³-hybridized carbons (Fsp3) is 0.933. The second-order valence-electron chi connectivity index (χ2n) is 10.8. The maximum atomic E-state index is 13.1. The third kappa shape index (κ3) is 14.5. The Morgan fingerprint density at radius 1 is 0.588 bits per heavy atom. The third-order valence-corrected chi connectivity index (χ3v) is 7.64. The lowest BCUT2D eigenvalue weighted by Crippen LogP contribution is -2.54. The average Bonchev–Trinajstić information content (AvgIpc) is 2.83. The largest absolute Gasteiger partial charge is 0.326 e. The Hall–Kier alpha value is -0.900. The molecule has 4 nitrogen and oxygen atoms in total. The van der Waals surface area contributed by atoms with Gasteiger partial charge in [0.05, 0.1) is 6.04 Å². The summed E-state index contributed by atoms with van der Waals surface area (Å²) in [4.78, 5) is 27.9. The molecular weight excluding hydrogens is 420 g/mol. The maximum absolute atomic E-state index is 13.1. The Labute approximate surface area is 212 Å². The molecule has 0 unspecified atom stereocenters. The standard InChI is InChI=1S/C30H58N2O2/c1-3-5-7-9-11-13-15-17-19-25-29(33)32(28-24-22-21-23-27(28)31)30(34)26-20-18-16-14-12-10-8-6-4-2/h27-28H,3-26,31H2,1-2H3/t27-,28-/m1/s1. The zero-order valence-corrected chi connectivity index (χ0v) is 23.0. The van der Waals surface area contributed by atoms with Gasteiger partial charge in [0.1, 0.15) is 0 Å². The van der Waals surface area contributed by atoms with Crippen LogP contribution in [0.15, 0.2) is 0 Å². The SMILES string of the molecule is CCCCCCCCCCCC(=O)N(C(=O)CCCCCCCCCCC)[C@@H]1CCCC[C@H]1N. The van der Waals surface area contributed by atoms with Crippen LogP contribution in [0, 0.1) is 0 Å². The van der Waals surface area contributed by atoms with E-state index in [9.17, 15) is 9.59 Å². The van der Waals surface area contributed by atoms with E-state index in [2.05, 4.69) is 13.8 Å². The van der Waals surface area contributed by atoms with Crippen molar-refractivity contribution in [3.05, 3.63) is 0 Å². The van der Waals surface area contributed by atoms with E-state index in [-0.39, 0.29) is 23.9 Å². The minimum absolute atomic E-state index is 0.0335. The Bertz CT molecular complexity index is 474. The van der Waals surface area contributed by atoms with Gasteiger partial charge in [0, 0.05) is 18.9 Å². The highest BCUT2D eigenvalue weighted by Crippen LogP contribution is 2.25. The van der Waals surface area contributed by atoms with Crippen molar-refractivity contribution in [2.45, 2.75) is 180 Å². The number of nitrogens with two attached hydrogens (primary N) is 1. The van der Waals surface area contributed by atoms with E-state index in [0.717, 1.165) is 51.4 Å². The summed E-state index contributed by atoms with van der Waals surface area (Å²) >= 11 is 0. The highest BCUT2D eigenvalue weighted by Gasteiger charge is 2.34. The number of hydrogen-bond donors (Lipinski definition) is 1. The molecule has 0 aromatic rings. The van der Waals surface area contributed by atoms with Gasteiger partial charge in [0.2, 0.25) is 11.8 Å². The lowest BCUT2D eigenvalue weighted by Gasteiger charge is -2.37. The molecule has 200 valence electrons. The number of unbranched alkanes of at least 4 members (excludes halogenated alkanes) is 16. The van der Waals surface area contributed by atoms with Crippen molar-refractivity contribution in [2.24, 2.45) is 5.73 Å². The molecular formula is C30H58N2O2. The molecule has 2 N–H and O–H groups in total. The van der Waals surface area contributed by atoms with Gasteiger partial charge in [-0.1, -0.05) is 129 Å². The summed E-state index contributed by atoms with van der Waals surface area (Å²) in [5, 5.41) is 0. The Kier molecular flexibility index (Phi) is 19.6. The lowest BCUT2D eigenvalue weighted by atomic mass is 9.89. The minimum atomic E-state index is -0.0779. The van der Waals surface area contributed by atoms with E-state index in [0.29, 0.717) is 12.8 Å². The fourth-order valence-electron chi connectivity index (χ4n) is 5.38. The minimum Gasteiger partial charge on any atom is -0.326 e. The van der Waals surface area contributed by atoms with E-state index in [1.54, 1.807) is 4.90 Å². The first kappa shape index (κ1) is 31.1. The van der Waals surface area contributed by atoms with Gasteiger partial charge in [-0.3, -0.25) is 14.5 Å². The quantitative estimate of drug-likeness (QED) is 0.168. The van der Waals surface area contributed by atoms with Crippen LogP contribution in [-0.4, -0.2) is 28.8 Å². The molecule has 2 amide bonds. The van der Waals surface area contributed by atoms with Gasteiger partial charge in [-0.15, -0.1) is 0 Å². The van der Waals surface area contributed by atoms with E-state index >= 15 is 0 Å². The van der Waals surface area contributed by atoms with Crippen LogP contribution in [0.2, 0.25) is 0 Å². The van der Waals surface area contributed by atoms with Crippen molar-refractivity contribution < 1.29 is 9.59 Å². The Morgan fingerprint density at radius 3 is 1.32 bits per heavy atom. The zero-order chi connectivity index (χ0) is 24.9. The molecule has 1 saturated carbocycles.